The maximum absolute atomic E-state index is 13.5. The highest BCUT2D eigenvalue weighted by molar-refractivity contribution is 6.35. The van der Waals surface area contributed by atoms with Gasteiger partial charge < -0.3 is 20.1 Å². The molecule has 0 unspecified atom stereocenters. The number of carbonyl (C=O) groups excluding carboxylic acids is 1. The number of nitrogens with two attached hydrogens (primary N) is 1. The van der Waals surface area contributed by atoms with Crippen molar-refractivity contribution >= 4 is 29.1 Å². The van der Waals surface area contributed by atoms with Crippen LogP contribution in [0.1, 0.15) is 24.8 Å². The lowest BCUT2D eigenvalue weighted by molar-refractivity contribution is -0.138. The summed E-state index contributed by atoms with van der Waals surface area (Å²) in [6, 6.07) is 11.3. The molecule has 0 aliphatic carbocycles. The lowest BCUT2D eigenvalue weighted by Crippen LogP contribution is -2.55. The number of fused-ring (bicyclic) bond motifs is 2. The Labute approximate surface area is 185 Å². The van der Waals surface area contributed by atoms with Gasteiger partial charge in [-0.3, -0.25) is 4.79 Å². The van der Waals surface area contributed by atoms with Crippen molar-refractivity contribution in [2.45, 2.75) is 30.3 Å². The molecule has 2 atom stereocenters. The average molecular weight is 445 g/mol. The lowest BCUT2D eigenvalue weighted by atomic mass is 9.68. The van der Waals surface area contributed by atoms with Crippen molar-refractivity contribution in [2.24, 2.45) is 5.73 Å². The number of carbonyl (C=O) groups is 1. The number of amides is 1. The molecule has 3 heterocycles. The SMILES string of the molecule is CN1C(=O)[C@]2(C=C1N)C[C@@]1(CCCOC1)Oc1ccc(-c3cc(Cl)cc(Cl)c3)cc12. The fourth-order valence-electron chi connectivity index (χ4n) is 4.93. The first-order valence-corrected chi connectivity index (χ1v) is 10.7. The van der Waals surface area contributed by atoms with Gasteiger partial charge in [-0.25, -0.2) is 0 Å². The number of halogens is 2. The number of benzene rings is 2. The highest BCUT2D eigenvalue weighted by Gasteiger charge is 2.56. The smallest absolute Gasteiger partial charge is 0.242 e. The summed E-state index contributed by atoms with van der Waals surface area (Å²) in [4.78, 5) is 15.0. The summed E-state index contributed by atoms with van der Waals surface area (Å²) >= 11 is 12.4. The molecule has 30 heavy (non-hydrogen) atoms. The summed E-state index contributed by atoms with van der Waals surface area (Å²) in [6.45, 7) is 1.18. The van der Waals surface area contributed by atoms with Gasteiger partial charge in [-0.2, -0.15) is 0 Å². The van der Waals surface area contributed by atoms with Crippen molar-refractivity contribution in [1.82, 2.24) is 4.90 Å². The second kappa shape index (κ2) is 6.91. The van der Waals surface area contributed by atoms with E-state index in [1.807, 2.05) is 36.4 Å². The van der Waals surface area contributed by atoms with Crippen molar-refractivity contribution in [3.05, 3.63) is 63.9 Å². The zero-order chi connectivity index (χ0) is 21.1. The van der Waals surface area contributed by atoms with Crippen molar-refractivity contribution in [3.63, 3.8) is 0 Å². The third-order valence-corrected chi connectivity index (χ3v) is 6.77. The number of hydrogen-bond acceptors (Lipinski definition) is 4. The molecule has 1 fully saturated rings. The molecule has 1 saturated heterocycles. The maximum atomic E-state index is 13.5. The molecule has 5 rings (SSSR count). The molecule has 0 radical (unpaired) electrons. The van der Waals surface area contributed by atoms with Crippen molar-refractivity contribution in [3.8, 4) is 16.9 Å². The zero-order valence-electron chi connectivity index (χ0n) is 16.6. The first kappa shape index (κ1) is 19.7. The third-order valence-electron chi connectivity index (χ3n) is 6.34. The minimum atomic E-state index is -0.883. The maximum Gasteiger partial charge on any atom is 0.242 e. The summed E-state index contributed by atoms with van der Waals surface area (Å²) in [6.07, 6.45) is 4.11. The molecular weight excluding hydrogens is 423 g/mol. The van der Waals surface area contributed by atoms with Crippen LogP contribution in [0.15, 0.2) is 48.3 Å². The van der Waals surface area contributed by atoms with Gasteiger partial charge in [-0.1, -0.05) is 29.3 Å². The Kier molecular flexibility index (Phi) is 4.54. The summed E-state index contributed by atoms with van der Waals surface area (Å²) in [5.74, 6) is 1.10. The molecule has 3 aliphatic heterocycles. The van der Waals surface area contributed by atoms with Gasteiger partial charge in [0.1, 0.15) is 22.6 Å². The first-order valence-electron chi connectivity index (χ1n) is 9.96. The predicted molar refractivity (Wildman–Crippen MR) is 117 cm³/mol. The van der Waals surface area contributed by atoms with Crippen molar-refractivity contribution in [2.75, 3.05) is 20.3 Å². The summed E-state index contributed by atoms with van der Waals surface area (Å²) in [5, 5.41) is 1.11. The summed E-state index contributed by atoms with van der Waals surface area (Å²) < 4.78 is 12.2. The van der Waals surface area contributed by atoms with E-state index in [1.165, 1.54) is 4.90 Å². The van der Waals surface area contributed by atoms with Crippen LogP contribution in [0.2, 0.25) is 10.0 Å². The van der Waals surface area contributed by atoms with Gasteiger partial charge in [0.15, 0.2) is 0 Å². The lowest BCUT2D eigenvalue weighted by Gasteiger charge is -2.47. The standard InChI is InChI=1S/C23H22Cl2N2O3/c1-27-20(26)11-23(21(27)28)12-22(5-2-6-29-13-22)30-19-4-3-14(9-18(19)23)15-7-16(24)10-17(25)8-15/h3-4,7-11H,2,5-6,12-13,26H2,1H3/t22-,23-/m1/s1. The molecule has 7 heteroatoms. The second-order valence-electron chi connectivity index (χ2n) is 8.39. The number of nitrogens with zero attached hydrogens (tertiary/aromatic N) is 1. The number of rotatable bonds is 1. The summed E-state index contributed by atoms with van der Waals surface area (Å²) in [5.41, 5.74) is 7.37. The van der Waals surface area contributed by atoms with Gasteiger partial charge in [-0.05, 0) is 60.4 Å². The molecule has 2 aromatic rings. The van der Waals surface area contributed by atoms with Gasteiger partial charge in [0, 0.05) is 35.7 Å². The molecule has 156 valence electrons. The topological polar surface area (TPSA) is 64.8 Å². The van der Waals surface area contributed by atoms with E-state index in [1.54, 1.807) is 13.1 Å². The van der Waals surface area contributed by atoms with E-state index in [4.69, 9.17) is 38.4 Å². The van der Waals surface area contributed by atoms with Crippen LogP contribution in [0.3, 0.4) is 0 Å². The van der Waals surface area contributed by atoms with Crippen molar-refractivity contribution < 1.29 is 14.3 Å². The third kappa shape index (κ3) is 2.99. The van der Waals surface area contributed by atoms with Crippen LogP contribution in [0, 0.1) is 0 Å². The van der Waals surface area contributed by atoms with Crippen LogP contribution < -0.4 is 10.5 Å². The largest absolute Gasteiger partial charge is 0.484 e. The van der Waals surface area contributed by atoms with E-state index in [-0.39, 0.29) is 5.91 Å². The van der Waals surface area contributed by atoms with E-state index < -0.39 is 11.0 Å². The Morgan fingerprint density at radius 2 is 1.87 bits per heavy atom. The van der Waals surface area contributed by atoms with Crippen LogP contribution >= 0.6 is 23.2 Å². The van der Waals surface area contributed by atoms with Crippen molar-refractivity contribution in [1.29, 1.82) is 0 Å². The molecule has 0 bridgehead atoms. The molecule has 2 spiro atoms. The van der Waals surface area contributed by atoms with Gasteiger partial charge in [0.25, 0.3) is 0 Å². The Morgan fingerprint density at radius 3 is 2.50 bits per heavy atom. The normalized spacial score (nSPS) is 27.9. The van der Waals surface area contributed by atoms with Crippen LogP contribution in [-0.2, 0) is 14.9 Å². The highest BCUT2D eigenvalue weighted by Crippen LogP contribution is 2.52. The Hall–Kier alpha value is -2.21. The van der Waals surface area contributed by atoms with Crippen LogP contribution in [0.4, 0.5) is 0 Å². The molecule has 3 aliphatic rings. The molecule has 2 aromatic carbocycles. The monoisotopic (exact) mass is 444 g/mol. The van der Waals surface area contributed by atoms with E-state index in [0.29, 0.717) is 41.3 Å². The minimum Gasteiger partial charge on any atom is -0.484 e. The Morgan fingerprint density at radius 1 is 1.10 bits per heavy atom. The number of hydrogen-bond donors (Lipinski definition) is 1. The van der Waals surface area contributed by atoms with Crippen LogP contribution in [0.25, 0.3) is 11.1 Å². The quantitative estimate of drug-likeness (QED) is 0.702. The predicted octanol–water partition coefficient (Wildman–Crippen LogP) is 4.50. The Balaban J connectivity index is 1.69. The van der Waals surface area contributed by atoms with Gasteiger partial charge in [-0.15, -0.1) is 0 Å². The molecular formula is C23H22Cl2N2O3. The number of ether oxygens (including phenoxy) is 2. The van der Waals surface area contributed by atoms with Crippen LogP contribution in [0.5, 0.6) is 5.75 Å². The van der Waals surface area contributed by atoms with Gasteiger partial charge in [0.05, 0.1) is 6.61 Å². The fourth-order valence-corrected chi connectivity index (χ4v) is 5.46. The van der Waals surface area contributed by atoms with Crippen LogP contribution in [-0.4, -0.2) is 36.7 Å². The van der Waals surface area contributed by atoms with E-state index in [9.17, 15) is 4.79 Å². The Bertz CT molecular complexity index is 1060. The molecule has 0 saturated carbocycles. The second-order valence-corrected chi connectivity index (χ2v) is 9.26. The minimum absolute atomic E-state index is 0.0456. The first-order chi connectivity index (χ1) is 14.3. The fraction of sp³-hybridized carbons (Fsp3) is 0.348. The van der Waals surface area contributed by atoms with E-state index in [0.717, 1.165) is 29.5 Å². The van der Waals surface area contributed by atoms with Gasteiger partial charge >= 0.3 is 0 Å². The van der Waals surface area contributed by atoms with E-state index >= 15 is 0 Å². The average Bonchev–Trinajstić information content (AvgIpc) is 2.91. The molecule has 0 aromatic heterocycles. The highest BCUT2D eigenvalue weighted by atomic mass is 35.5. The molecule has 5 nitrogen and oxygen atoms in total. The number of likely N-dealkylation sites (N-methyl/N-ethyl adjacent to an activating group) is 1. The molecule has 2 N–H and O–H groups in total. The zero-order valence-corrected chi connectivity index (χ0v) is 18.1. The summed E-state index contributed by atoms with van der Waals surface area (Å²) in [7, 11) is 1.71. The van der Waals surface area contributed by atoms with Gasteiger partial charge in [0.2, 0.25) is 5.91 Å². The van der Waals surface area contributed by atoms with E-state index in [2.05, 4.69) is 0 Å². The molecule has 1 amide bonds.